The van der Waals surface area contributed by atoms with Gasteiger partial charge in [0.05, 0.1) is 29.8 Å². The first-order chi connectivity index (χ1) is 14.5. The molecule has 0 radical (unpaired) electrons. The molecule has 3 aromatic rings. The van der Waals surface area contributed by atoms with Crippen molar-refractivity contribution in [1.82, 2.24) is 15.2 Å². The first-order valence-corrected chi connectivity index (χ1v) is 10.00. The molecule has 0 aliphatic carbocycles. The van der Waals surface area contributed by atoms with Crippen LogP contribution in [-0.4, -0.2) is 35.0 Å². The van der Waals surface area contributed by atoms with E-state index in [-0.39, 0.29) is 18.3 Å². The Bertz CT molecular complexity index is 1090. The largest absolute Gasteiger partial charge is 0.362 e. The van der Waals surface area contributed by atoms with Crippen molar-refractivity contribution in [2.75, 3.05) is 18.0 Å². The fourth-order valence-corrected chi connectivity index (χ4v) is 3.83. The molecule has 0 saturated heterocycles. The number of carbonyl (C=O) groups excluding carboxylic acids is 1. The predicted molar refractivity (Wildman–Crippen MR) is 116 cm³/mol. The molecule has 0 unspecified atom stereocenters. The highest BCUT2D eigenvalue weighted by molar-refractivity contribution is 5.86. The van der Waals surface area contributed by atoms with Crippen LogP contribution < -0.4 is 10.3 Å². The molecule has 2 heterocycles. The number of halogens is 1. The van der Waals surface area contributed by atoms with E-state index in [1.807, 2.05) is 26.0 Å². The normalized spacial score (nSPS) is 13.5. The second-order valence-electron chi connectivity index (χ2n) is 7.42. The zero-order valence-corrected chi connectivity index (χ0v) is 17.1. The number of hydrazone groups is 1. The summed E-state index contributed by atoms with van der Waals surface area (Å²) in [6.07, 6.45) is 3.69. The molecule has 30 heavy (non-hydrogen) atoms. The molecular weight excluding hydrogens is 381 g/mol. The van der Waals surface area contributed by atoms with Crippen molar-refractivity contribution in [3.8, 4) is 5.69 Å². The maximum atomic E-state index is 13.2. The minimum absolute atomic E-state index is 0.163. The summed E-state index contributed by atoms with van der Waals surface area (Å²) >= 11 is 0. The highest BCUT2D eigenvalue weighted by atomic mass is 19.1. The van der Waals surface area contributed by atoms with Gasteiger partial charge in [0.2, 0.25) is 0 Å². The Morgan fingerprint density at radius 3 is 2.77 bits per heavy atom. The van der Waals surface area contributed by atoms with E-state index in [0.29, 0.717) is 0 Å². The number of hydrogen-bond acceptors (Lipinski definition) is 4. The van der Waals surface area contributed by atoms with E-state index in [2.05, 4.69) is 32.7 Å². The molecule has 0 bridgehead atoms. The lowest BCUT2D eigenvalue weighted by molar-refractivity contribution is -0.119. The molecule has 6 nitrogen and oxygen atoms in total. The SMILES string of the molecule is Cc1nn(-c2ccc(F)cc2)c(C)c1/C=N\NC(=O)CN1CCCc2ccccc21. The number of aryl methyl sites for hydroxylation is 2. The maximum absolute atomic E-state index is 13.2. The number of hydrogen-bond donors (Lipinski definition) is 1. The van der Waals surface area contributed by atoms with Crippen LogP contribution in [0.1, 0.15) is 28.9 Å². The lowest BCUT2D eigenvalue weighted by Gasteiger charge is -2.30. The number of aromatic nitrogens is 2. The van der Waals surface area contributed by atoms with Crippen LogP contribution in [0.15, 0.2) is 53.6 Å². The molecule has 1 amide bonds. The number of para-hydroxylation sites is 1. The topological polar surface area (TPSA) is 62.5 Å². The van der Waals surface area contributed by atoms with E-state index in [0.717, 1.165) is 47.7 Å². The summed E-state index contributed by atoms with van der Waals surface area (Å²) in [6, 6.07) is 14.4. The summed E-state index contributed by atoms with van der Waals surface area (Å²) in [6.45, 7) is 4.91. The number of carbonyl (C=O) groups is 1. The minimum Gasteiger partial charge on any atom is -0.362 e. The smallest absolute Gasteiger partial charge is 0.259 e. The quantitative estimate of drug-likeness (QED) is 0.522. The van der Waals surface area contributed by atoms with Crippen molar-refractivity contribution in [2.45, 2.75) is 26.7 Å². The molecule has 1 aliphatic rings. The van der Waals surface area contributed by atoms with E-state index < -0.39 is 0 Å². The van der Waals surface area contributed by atoms with Crippen LogP contribution in [0, 0.1) is 19.7 Å². The molecule has 1 aromatic heterocycles. The number of anilines is 1. The van der Waals surface area contributed by atoms with Gasteiger partial charge in [0.15, 0.2) is 0 Å². The second kappa shape index (κ2) is 8.49. The average molecular weight is 405 g/mol. The Morgan fingerprint density at radius 1 is 1.20 bits per heavy atom. The van der Waals surface area contributed by atoms with E-state index in [9.17, 15) is 9.18 Å². The van der Waals surface area contributed by atoms with Crippen molar-refractivity contribution >= 4 is 17.8 Å². The average Bonchev–Trinajstić information content (AvgIpc) is 3.03. The highest BCUT2D eigenvalue weighted by Crippen LogP contribution is 2.26. The van der Waals surface area contributed by atoms with Crippen LogP contribution in [0.5, 0.6) is 0 Å². The van der Waals surface area contributed by atoms with Gasteiger partial charge in [-0.15, -0.1) is 0 Å². The maximum Gasteiger partial charge on any atom is 0.259 e. The molecule has 7 heteroatoms. The van der Waals surface area contributed by atoms with Crippen LogP contribution in [0.25, 0.3) is 5.69 Å². The van der Waals surface area contributed by atoms with Crippen molar-refractivity contribution in [3.05, 3.63) is 76.9 Å². The summed E-state index contributed by atoms with van der Waals surface area (Å²) in [7, 11) is 0. The number of fused-ring (bicyclic) bond motifs is 1. The van der Waals surface area contributed by atoms with Gasteiger partial charge in [-0.25, -0.2) is 14.5 Å². The number of amides is 1. The number of nitrogens with zero attached hydrogens (tertiary/aromatic N) is 4. The lowest BCUT2D eigenvalue weighted by Crippen LogP contribution is -2.38. The summed E-state index contributed by atoms with van der Waals surface area (Å²) in [5.74, 6) is -0.453. The monoisotopic (exact) mass is 405 g/mol. The third kappa shape index (κ3) is 4.10. The van der Waals surface area contributed by atoms with Gasteiger partial charge < -0.3 is 4.90 Å². The van der Waals surface area contributed by atoms with E-state index in [4.69, 9.17) is 0 Å². The molecular formula is C23H24FN5O. The third-order valence-corrected chi connectivity index (χ3v) is 5.34. The van der Waals surface area contributed by atoms with Crippen molar-refractivity contribution in [1.29, 1.82) is 0 Å². The molecule has 1 N–H and O–H groups in total. The molecule has 1 aliphatic heterocycles. The molecule has 0 fully saturated rings. The Kier molecular flexibility index (Phi) is 5.61. The summed E-state index contributed by atoms with van der Waals surface area (Å²) in [4.78, 5) is 14.5. The summed E-state index contributed by atoms with van der Waals surface area (Å²) in [5, 5.41) is 8.65. The Labute approximate surface area is 175 Å². The molecule has 2 aromatic carbocycles. The standard InChI is InChI=1S/C23H24FN5O/c1-16-21(17(2)29(27-16)20-11-9-19(24)10-12-20)14-25-26-23(30)15-28-13-5-7-18-6-3-4-8-22(18)28/h3-4,6,8-12,14H,5,7,13,15H2,1-2H3,(H,26,30)/b25-14-. The van der Waals surface area contributed by atoms with Gasteiger partial charge in [-0.1, -0.05) is 18.2 Å². The zero-order chi connectivity index (χ0) is 21.1. The van der Waals surface area contributed by atoms with E-state index in [1.54, 1.807) is 23.0 Å². The van der Waals surface area contributed by atoms with Crippen molar-refractivity contribution in [3.63, 3.8) is 0 Å². The van der Waals surface area contributed by atoms with Gasteiger partial charge in [0.1, 0.15) is 5.82 Å². The fraction of sp³-hybridized carbons (Fsp3) is 0.261. The second-order valence-corrected chi connectivity index (χ2v) is 7.42. The highest BCUT2D eigenvalue weighted by Gasteiger charge is 2.18. The van der Waals surface area contributed by atoms with Gasteiger partial charge in [0, 0.05) is 17.8 Å². The van der Waals surface area contributed by atoms with Gasteiger partial charge in [0.25, 0.3) is 5.91 Å². The molecule has 0 saturated carbocycles. The minimum atomic E-state index is -0.291. The van der Waals surface area contributed by atoms with Crippen LogP contribution in [0.2, 0.25) is 0 Å². The number of benzene rings is 2. The Morgan fingerprint density at radius 2 is 1.97 bits per heavy atom. The predicted octanol–water partition coefficient (Wildman–Crippen LogP) is 3.53. The third-order valence-electron chi connectivity index (χ3n) is 5.34. The van der Waals surface area contributed by atoms with E-state index in [1.165, 1.54) is 17.7 Å². The fourth-order valence-electron chi connectivity index (χ4n) is 3.83. The number of nitrogens with one attached hydrogen (secondary N) is 1. The number of rotatable bonds is 5. The van der Waals surface area contributed by atoms with Gasteiger partial charge >= 0.3 is 0 Å². The van der Waals surface area contributed by atoms with Gasteiger partial charge in [-0.3, -0.25) is 4.79 Å². The van der Waals surface area contributed by atoms with Crippen LogP contribution in [0.3, 0.4) is 0 Å². The lowest BCUT2D eigenvalue weighted by atomic mass is 10.0. The van der Waals surface area contributed by atoms with Crippen molar-refractivity contribution < 1.29 is 9.18 Å². The molecule has 154 valence electrons. The van der Waals surface area contributed by atoms with Crippen molar-refractivity contribution in [2.24, 2.45) is 5.10 Å². The first-order valence-electron chi connectivity index (χ1n) is 10.00. The van der Waals surface area contributed by atoms with Gasteiger partial charge in [-0.2, -0.15) is 10.2 Å². The molecule has 0 spiro atoms. The van der Waals surface area contributed by atoms with Crippen LogP contribution in [-0.2, 0) is 11.2 Å². The van der Waals surface area contributed by atoms with E-state index >= 15 is 0 Å². The van der Waals surface area contributed by atoms with Crippen LogP contribution >= 0.6 is 0 Å². The Balaban J connectivity index is 1.43. The van der Waals surface area contributed by atoms with Gasteiger partial charge in [-0.05, 0) is 62.6 Å². The zero-order valence-electron chi connectivity index (χ0n) is 17.1. The first kappa shape index (κ1) is 19.8. The molecule has 4 rings (SSSR count). The summed E-state index contributed by atoms with van der Waals surface area (Å²) in [5.41, 5.74) is 8.25. The molecule has 0 atom stereocenters. The Hall–Kier alpha value is -3.48. The van der Waals surface area contributed by atoms with Crippen LogP contribution in [0.4, 0.5) is 10.1 Å². The summed E-state index contributed by atoms with van der Waals surface area (Å²) < 4.78 is 14.9.